The highest BCUT2D eigenvalue weighted by Gasteiger charge is 2.27. The Morgan fingerprint density at radius 2 is 1.61 bits per heavy atom. The molecule has 3 atom stereocenters. The van der Waals surface area contributed by atoms with Crippen molar-refractivity contribution in [2.75, 3.05) is 5.75 Å². The van der Waals surface area contributed by atoms with Crippen LogP contribution in [-0.4, -0.2) is 49.1 Å². The van der Waals surface area contributed by atoms with Crippen LogP contribution in [-0.2, 0) is 30.8 Å². The van der Waals surface area contributed by atoms with Crippen molar-refractivity contribution in [2.45, 2.75) is 50.7 Å². The van der Waals surface area contributed by atoms with Crippen molar-refractivity contribution >= 4 is 40.4 Å². The highest BCUT2D eigenvalue weighted by atomic mass is 32.2. The molecule has 11 heteroatoms. The standard InChI is InChI=1S/C25H33N3O6S2/c1-15(2)12-19(14-35)27-25(32)21(23(26)30)13-17-8-10-18(11-9-17)20-6-4-5-7-22(20)36(33,34)28-24(31)16(3)29/h4-11,15-16,19,21,29,35H,12-14H2,1-3H3,(H2,26,30)(H,27,32)(H,28,31)/t16-,19+,21?/m0/s1. The molecule has 0 saturated heterocycles. The molecular weight excluding hydrogens is 502 g/mol. The average molecular weight is 536 g/mol. The van der Waals surface area contributed by atoms with Crippen molar-refractivity contribution in [1.82, 2.24) is 10.0 Å². The zero-order valence-electron chi connectivity index (χ0n) is 20.5. The molecule has 2 aromatic carbocycles. The first kappa shape index (κ1) is 29.3. The van der Waals surface area contributed by atoms with Gasteiger partial charge in [-0.05, 0) is 42.9 Å². The van der Waals surface area contributed by atoms with Gasteiger partial charge in [0.25, 0.3) is 15.9 Å². The van der Waals surface area contributed by atoms with Crippen LogP contribution in [0.3, 0.4) is 0 Å². The lowest BCUT2D eigenvalue weighted by atomic mass is 9.95. The lowest BCUT2D eigenvalue weighted by molar-refractivity contribution is -0.134. The van der Waals surface area contributed by atoms with Gasteiger partial charge in [-0.2, -0.15) is 12.6 Å². The number of aliphatic hydroxyl groups is 1. The highest BCUT2D eigenvalue weighted by Crippen LogP contribution is 2.28. The molecule has 1 unspecified atom stereocenters. The number of nitrogens with two attached hydrogens (primary N) is 1. The summed E-state index contributed by atoms with van der Waals surface area (Å²) in [6, 6.07) is 12.6. The minimum atomic E-state index is -4.24. The number of amides is 3. The molecule has 3 amide bonds. The lowest BCUT2D eigenvalue weighted by Crippen LogP contribution is -2.45. The lowest BCUT2D eigenvalue weighted by Gasteiger charge is -2.21. The molecule has 0 aromatic heterocycles. The number of benzene rings is 2. The fourth-order valence-corrected chi connectivity index (χ4v) is 5.16. The van der Waals surface area contributed by atoms with E-state index in [1.807, 2.05) is 18.6 Å². The maximum absolute atomic E-state index is 12.8. The van der Waals surface area contributed by atoms with Crippen LogP contribution in [0.1, 0.15) is 32.8 Å². The topological polar surface area (TPSA) is 156 Å². The Morgan fingerprint density at radius 3 is 2.14 bits per heavy atom. The molecule has 0 saturated carbocycles. The van der Waals surface area contributed by atoms with E-state index in [-0.39, 0.29) is 17.4 Å². The molecule has 0 aliphatic carbocycles. The second-order valence-electron chi connectivity index (χ2n) is 9.02. The van der Waals surface area contributed by atoms with E-state index in [4.69, 9.17) is 5.73 Å². The predicted octanol–water partition coefficient (Wildman–Crippen LogP) is 1.64. The zero-order valence-corrected chi connectivity index (χ0v) is 22.2. The number of hydrogen-bond donors (Lipinski definition) is 5. The second kappa shape index (κ2) is 12.9. The Bertz CT molecular complexity index is 1180. The molecule has 0 bridgehead atoms. The number of sulfonamides is 1. The van der Waals surface area contributed by atoms with Crippen molar-refractivity contribution in [3.05, 3.63) is 54.1 Å². The van der Waals surface area contributed by atoms with Gasteiger partial charge in [-0.1, -0.05) is 56.3 Å². The highest BCUT2D eigenvalue weighted by molar-refractivity contribution is 7.90. The van der Waals surface area contributed by atoms with E-state index < -0.39 is 39.8 Å². The molecule has 0 radical (unpaired) electrons. The van der Waals surface area contributed by atoms with Crippen LogP contribution in [0, 0.1) is 11.8 Å². The molecule has 9 nitrogen and oxygen atoms in total. The number of primary amides is 1. The molecule has 5 N–H and O–H groups in total. The molecule has 196 valence electrons. The normalized spacial score (nSPS) is 14.1. The van der Waals surface area contributed by atoms with Crippen molar-refractivity contribution in [2.24, 2.45) is 17.6 Å². The summed E-state index contributed by atoms with van der Waals surface area (Å²) in [5, 5.41) is 12.2. The first-order valence-corrected chi connectivity index (χ1v) is 13.6. The monoisotopic (exact) mass is 535 g/mol. The summed E-state index contributed by atoms with van der Waals surface area (Å²) >= 11 is 4.28. The Kier molecular flexibility index (Phi) is 10.5. The number of nitrogens with one attached hydrogen (secondary N) is 2. The molecule has 0 aliphatic rings. The summed E-state index contributed by atoms with van der Waals surface area (Å²) < 4.78 is 27.3. The number of carbonyl (C=O) groups excluding carboxylic acids is 3. The average Bonchev–Trinajstić information content (AvgIpc) is 2.81. The summed E-state index contributed by atoms with van der Waals surface area (Å²) in [6.07, 6.45) is -0.697. The fourth-order valence-electron chi connectivity index (χ4n) is 3.64. The van der Waals surface area contributed by atoms with Crippen molar-refractivity contribution < 1.29 is 27.9 Å². The van der Waals surface area contributed by atoms with Crippen LogP contribution in [0.5, 0.6) is 0 Å². The largest absolute Gasteiger partial charge is 0.384 e. The number of hydrogen-bond acceptors (Lipinski definition) is 7. The molecule has 0 heterocycles. The molecule has 2 aromatic rings. The maximum Gasteiger partial charge on any atom is 0.264 e. The minimum Gasteiger partial charge on any atom is -0.384 e. The van der Waals surface area contributed by atoms with Gasteiger partial charge in [0.05, 0.1) is 4.90 Å². The Hall–Kier alpha value is -2.89. The number of aliphatic hydroxyl groups excluding tert-OH is 1. The van der Waals surface area contributed by atoms with Gasteiger partial charge < -0.3 is 16.2 Å². The van der Waals surface area contributed by atoms with Gasteiger partial charge in [0.1, 0.15) is 12.0 Å². The first-order chi connectivity index (χ1) is 16.9. The van der Waals surface area contributed by atoms with E-state index in [1.165, 1.54) is 12.1 Å². The Balaban J connectivity index is 2.26. The van der Waals surface area contributed by atoms with Crippen molar-refractivity contribution in [1.29, 1.82) is 0 Å². The van der Waals surface area contributed by atoms with E-state index in [0.29, 0.717) is 28.4 Å². The Morgan fingerprint density at radius 1 is 1.00 bits per heavy atom. The van der Waals surface area contributed by atoms with Gasteiger partial charge in [0.15, 0.2) is 0 Å². The molecule has 0 fully saturated rings. The third kappa shape index (κ3) is 8.07. The predicted molar refractivity (Wildman–Crippen MR) is 141 cm³/mol. The minimum absolute atomic E-state index is 0.0762. The summed E-state index contributed by atoms with van der Waals surface area (Å²) in [7, 11) is -4.24. The summed E-state index contributed by atoms with van der Waals surface area (Å²) in [4.78, 5) is 36.4. The van der Waals surface area contributed by atoms with E-state index in [9.17, 15) is 27.9 Å². The number of carbonyl (C=O) groups is 3. The van der Waals surface area contributed by atoms with Gasteiger partial charge in [-0.15, -0.1) is 0 Å². The fraction of sp³-hybridized carbons (Fsp3) is 0.400. The van der Waals surface area contributed by atoms with Crippen LogP contribution >= 0.6 is 12.6 Å². The quantitative estimate of drug-likeness (QED) is 0.206. The third-order valence-corrected chi connectivity index (χ3v) is 7.32. The van der Waals surface area contributed by atoms with Crippen molar-refractivity contribution in [3.8, 4) is 11.1 Å². The summed E-state index contributed by atoms with van der Waals surface area (Å²) in [6.45, 7) is 5.22. The first-order valence-electron chi connectivity index (χ1n) is 11.5. The Labute approximate surface area is 217 Å². The molecule has 0 spiro atoms. The van der Waals surface area contributed by atoms with Gasteiger partial charge in [0.2, 0.25) is 11.8 Å². The zero-order chi connectivity index (χ0) is 27.0. The molecular formula is C25H33N3O6S2. The van der Waals surface area contributed by atoms with Crippen LogP contribution in [0.25, 0.3) is 11.1 Å². The van der Waals surface area contributed by atoms with Crippen LogP contribution in [0.2, 0.25) is 0 Å². The van der Waals surface area contributed by atoms with Crippen LogP contribution in [0.4, 0.5) is 0 Å². The van der Waals surface area contributed by atoms with Gasteiger partial charge in [-0.25, -0.2) is 13.1 Å². The van der Waals surface area contributed by atoms with Gasteiger partial charge in [-0.3, -0.25) is 14.4 Å². The molecule has 0 aliphatic heterocycles. The molecule has 2 rings (SSSR count). The van der Waals surface area contributed by atoms with E-state index >= 15 is 0 Å². The smallest absolute Gasteiger partial charge is 0.264 e. The van der Waals surface area contributed by atoms with E-state index in [1.54, 1.807) is 36.4 Å². The number of thiol groups is 1. The van der Waals surface area contributed by atoms with E-state index in [2.05, 4.69) is 17.9 Å². The summed E-state index contributed by atoms with van der Waals surface area (Å²) in [5.41, 5.74) is 7.05. The van der Waals surface area contributed by atoms with Gasteiger partial charge >= 0.3 is 0 Å². The summed E-state index contributed by atoms with van der Waals surface area (Å²) in [5.74, 6) is -2.54. The van der Waals surface area contributed by atoms with Crippen LogP contribution < -0.4 is 15.8 Å². The number of rotatable bonds is 12. The van der Waals surface area contributed by atoms with Crippen LogP contribution in [0.15, 0.2) is 53.4 Å². The molecule has 36 heavy (non-hydrogen) atoms. The SMILES string of the molecule is CC(C)C[C@H](CS)NC(=O)C(Cc1ccc(-c2ccccc2S(=O)(=O)NC(=O)[C@H](C)O)cc1)C(N)=O. The third-order valence-electron chi connectivity index (χ3n) is 5.48. The van der Waals surface area contributed by atoms with E-state index in [0.717, 1.165) is 13.3 Å². The van der Waals surface area contributed by atoms with Crippen molar-refractivity contribution in [3.63, 3.8) is 0 Å². The maximum atomic E-state index is 12.8. The second-order valence-corrected chi connectivity index (χ2v) is 11.0. The van der Waals surface area contributed by atoms with Gasteiger partial charge in [0, 0.05) is 17.4 Å².